The summed E-state index contributed by atoms with van der Waals surface area (Å²) in [6, 6.07) is 0. The van der Waals surface area contributed by atoms with Gasteiger partial charge in [-0.2, -0.15) is 0 Å². The Bertz CT molecular complexity index is 1920. The maximum absolute atomic E-state index is 13.2. The van der Waals surface area contributed by atoms with E-state index in [-0.39, 0.29) is 17.0 Å². The van der Waals surface area contributed by atoms with Crippen LogP contribution < -0.4 is 5.73 Å². The average molecular weight is 874 g/mol. The number of imidazole rings is 1. The van der Waals surface area contributed by atoms with Crippen molar-refractivity contribution in [2.24, 2.45) is 5.92 Å². The van der Waals surface area contributed by atoms with Gasteiger partial charge in [-0.25, -0.2) is 23.8 Å². The molecule has 57 heavy (non-hydrogen) atoms. The number of aliphatic hydroxyl groups is 1. The summed E-state index contributed by atoms with van der Waals surface area (Å²) >= 11 is 4.89. The maximum atomic E-state index is 13.2. The summed E-state index contributed by atoms with van der Waals surface area (Å²) in [5, 5.41) is 11.0. The van der Waals surface area contributed by atoms with E-state index in [1.54, 1.807) is 0 Å². The number of phosphoric acid groups is 1. The molecule has 1 aliphatic heterocycles. The van der Waals surface area contributed by atoms with Crippen molar-refractivity contribution >= 4 is 79.1 Å². The second-order valence-corrected chi connectivity index (χ2v) is 16.5. The van der Waals surface area contributed by atoms with Crippen LogP contribution in [0.1, 0.15) is 54.7 Å². The van der Waals surface area contributed by atoms with Crippen LogP contribution in [0.15, 0.2) is 12.7 Å². The Balaban J connectivity index is 1.87. The SMILES string of the molecule is CC(=O)OCC(C)C(OC(C)=O)C(OC(C)=O)C(OC(C)=O)C(O)OP(=O)(O)OP(O)(=S)OCC1OC(n2cnc3c(N)ncnc32)C(OC(C)=O)C1OC(C)=O. The zero-order chi connectivity index (χ0) is 43.0. The summed E-state index contributed by atoms with van der Waals surface area (Å²) in [5.74, 6) is -6.71. The molecule has 28 heteroatoms. The summed E-state index contributed by atoms with van der Waals surface area (Å²) in [4.78, 5) is 105. The fourth-order valence-electron chi connectivity index (χ4n) is 5.35. The van der Waals surface area contributed by atoms with Gasteiger partial charge in [-0.05, 0) is 11.8 Å². The predicted octanol–water partition coefficient (Wildman–Crippen LogP) is -0.151. The molecule has 0 radical (unpaired) electrons. The van der Waals surface area contributed by atoms with Gasteiger partial charge in [0.1, 0.15) is 24.1 Å². The Morgan fingerprint density at radius 3 is 1.98 bits per heavy atom. The average Bonchev–Trinajstić information content (AvgIpc) is 3.63. The van der Waals surface area contributed by atoms with Crippen molar-refractivity contribution < 1.29 is 94.7 Å². The Labute approximate surface area is 328 Å². The van der Waals surface area contributed by atoms with Crippen LogP contribution in [-0.4, -0.2) is 126 Å². The van der Waals surface area contributed by atoms with Gasteiger partial charge in [0.25, 0.3) is 0 Å². The number of nitrogens with two attached hydrogens (primary N) is 1. The molecular formula is C29H41N5O20P2S. The molecule has 1 aliphatic rings. The van der Waals surface area contributed by atoms with E-state index in [4.69, 9.17) is 59.7 Å². The van der Waals surface area contributed by atoms with Crippen molar-refractivity contribution in [1.82, 2.24) is 19.5 Å². The van der Waals surface area contributed by atoms with Gasteiger partial charge >= 0.3 is 50.4 Å². The Morgan fingerprint density at radius 1 is 0.860 bits per heavy atom. The van der Waals surface area contributed by atoms with Gasteiger partial charge in [0, 0.05) is 47.5 Å². The molecule has 0 spiro atoms. The highest BCUT2D eigenvalue weighted by Crippen LogP contribution is 2.61. The molecular weight excluding hydrogens is 832 g/mol. The van der Waals surface area contributed by atoms with Crippen LogP contribution in [0, 0.1) is 5.92 Å². The number of carbonyl (C=O) groups is 6. The number of carbonyl (C=O) groups excluding carboxylic acids is 6. The van der Waals surface area contributed by atoms with Crippen LogP contribution in [0.3, 0.4) is 0 Å². The summed E-state index contributed by atoms with van der Waals surface area (Å²) < 4.78 is 66.3. The summed E-state index contributed by atoms with van der Waals surface area (Å²) in [6.45, 7) is 0.961. The highest BCUT2D eigenvalue weighted by molar-refractivity contribution is 8.08. The molecule has 0 aromatic carbocycles. The first-order valence-corrected chi connectivity index (χ1v) is 20.5. The van der Waals surface area contributed by atoms with E-state index in [0.29, 0.717) is 0 Å². The number of nitrogen functional groups attached to an aromatic ring is 1. The minimum Gasteiger partial charge on any atom is -0.465 e. The number of phosphoric ester groups is 1. The van der Waals surface area contributed by atoms with E-state index >= 15 is 0 Å². The second kappa shape index (κ2) is 20.0. The zero-order valence-electron chi connectivity index (χ0n) is 31.2. The van der Waals surface area contributed by atoms with Crippen molar-refractivity contribution in [3.8, 4) is 0 Å². The maximum Gasteiger partial charge on any atom is 0.481 e. The number of aliphatic hydroxyl groups excluding tert-OH is 1. The van der Waals surface area contributed by atoms with Crippen LogP contribution in [0.25, 0.3) is 11.2 Å². The molecule has 11 atom stereocenters. The highest BCUT2D eigenvalue weighted by atomic mass is 32.5. The van der Waals surface area contributed by atoms with Gasteiger partial charge in [0.15, 0.2) is 42.1 Å². The summed E-state index contributed by atoms with van der Waals surface area (Å²) in [7, 11) is -5.79. The fourth-order valence-corrected chi connectivity index (χ4v) is 8.40. The number of anilines is 1. The number of esters is 6. The van der Waals surface area contributed by atoms with Crippen LogP contribution in [0.4, 0.5) is 5.82 Å². The third-order valence-electron chi connectivity index (χ3n) is 7.35. The minimum atomic E-state index is -5.79. The minimum absolute atomic E-state index is 0.00444. The monoisotopic (exact) mass is 873 g/mol. The lowest BCUT2D eigenvalue weighted by Gasteiger charge is -2.36. The van der Waals surface area contributed by atoms with Crippen LogP contribution in [-0.2, 0) is 91.7 Å². The smallest absolute Gasteiger partial charge is 0.465 e. The van der Waals surface area contributed by atoms with Gasteiger partial charge in [0.05, 0.1) is 19.5 Å². The van der Waals surface area contributed by atoms with Crippen molar-refractivity contribution in [3.05, 3.63) is 12.7 Å². The second-order valence-electron chi connectivity index (χ2n) is 12.1. The number of nitrogens with zero attached hydrogens (tertiary/aromatic N) is 4. The molecule has 25 nitrogen and oxygen atoms in total. The molecule has 2 aromatic heterocycles. The van der Waals surface area contributed by atoms with Gasteiger partial charge in [-0.15, -0.1) is 0 Å². The van der Waals surface area contributed by atoms with Gasteiger partial charge in [-0.1, -0.05) is 6.92 Å². The molecule has 318 valence electrons. The van der Waals surface area contributed by atoms with E-state index in [9.17, 15) is 48.2 Å². The molecule has 11 unspecified atom stereocenters. The predicted molar refractivity (Wildman–Crippen MR) is 188 cm³/mol. The van der Waals surface area contributed by atoms with Gasteiger partial charge in [-0.3, -0.25) is 37.9 Å². The number of aromatic nitrogens is 4. The Hall–Kier alpha value is -4.23. The third-order valence-corrected chi connectivity index (χ3v) is 10.9. The number of fused-ring (bicyclic) bond motifs is 1. The van der Waals surface area contributed by atoms with Crippen molar-refractivity contribution in [2.45, 2.75) is 97.6 Å². The zero-order valence-corrected chi connectivity index (χ0v) is 33.8. The van der Waals surface area contributed by atoms with E-state index in [2.05, 4.69) is 19.3 Å². The molecule has 1 saturated heterocycles. The lowest BCUT2D eigenvalue weighted by Crippen LogP contribution is -2.53. The summed E-state index contributed by atoms with van der Waals surface area (Å²) in [5.41, 5.74) is 6.13. The molecule has 5 N–H and O–H groups in total. The van der Waals surface area contributed by atoms with E-state index in [1.807, 2.05) is 0 Å². The van der Waals surface area contributed by atoms with Gasteiger partial charge < -0.3 is 58.3 Å². The van der Waals surface area contributed by atoms with Crippen molar-refractivity contribution in [1.29, 1.82) is 0 Å². The summed E-state index contributed by atoms with van der Waals surface area (Å²) in [6.07, 6.45) is -12.0. The van der Waals surface area contributed by atoms with Crippen molar-refractivity contribution in [2.75, 3.05) is 18.9 Å². The quantitative estimate of drug-likeness (QED) is 0.0617. The molecule has 1 fully saturated rings. The van der Waals surface area contributed by atoms with E-state index < -0.39 is 119 Å². The molecule has 0 aliphatic carbocycles. The van der Waals surface area contributed by atoms with Crippen LogP contribution in [0.2, 0.25) is 0 Å². The third kappa shape index (κ3) is 13.7. The first kappa shape index (κ1) is 47.1. The molecule has 0 amide bonds. The first-order chi connectivity index (χ1) is 26.4. The van der Waals surface area contributed by atoms with E-state index in [1.165, 1.54) is 17.8 Å². The number of hydrogen-bond donors (Lipinski definition) is 4. The molecule has 2 aromatic rings. The first-order valence-electron chi connectivity index (χ1n) is 16.4. The topological polar surface area (TPSA) is 342 Å². The largest absolute Gasteiger partial charge is 0.481 e. The Morgan fingerprint density at radius 2 is 1.42 bits per heavy atom. The molecule has 0 bridgehead atoms. The van der Waals surface area contributed by atoms with Crippen LogP contribution in [0.5, 0.6) is 0 Å². The number of hydrogen-bond acceptors (Lipinski definition) is 23. The fraction of sp³-hybridized carbons (Fsp3) is 0.621. The number of ether oxygens (including phenoxy) is 7. The molecule has 3 rings (SSSR count). The Kier molecular flexibility index (Phi) is 16.5. The van der Waals surface area contributed by atoms with Crippen LogP contribution >= 0.6 is 14.5 Å². The number of rotatable bonds is 19. The molecule has 3 heterocycles. The van der Waals surface area contributed by atoms with Crippen molar-refractivity contribution in [3.63, 3.8) is 0 Å². The van der Waals surface area contributed by atoms with E-state index in [0.717, 1.165) is 47.9 Å². The highest BCUT2D eigenvalue weighted by Gasteiger charge is 2.52. The van der Waals surface area contributed by atoms with Gasteiger partial charge in [0.2, 0.25) is 6.29 Å². The standard InChI is InChI=1S/C29H41N5O20P2S/c1-12(8-45-13(2)35)21(47-14(3)36)23(49-16(5)38)25(51-18(7)40)29(41)53-55(42,43)54-56(44,57)46-9-19-22(48-15(4)37)24(50-17(6)39)28(52-19)34-11-33-20-26(30)31-10-32-27(20)34/h10-12,19,21-25,28-29,41H,8-9H2,1-7H3,(H,42,43)(H,44,57)(H2,30,31,32). The lowest BCUT2D eigenvalue weighted by molar-refractivity contribution is -0.218. The lowest BCUT2D eigenvalue weighted by atomic mass is 9.95. The molecule has 0 saturated carbocycles. The normalized spacial score (nSPS) is 22.7.